The highest BCUT2D eigenvalue weighted by Gasteiger charge is 2.38. The summed E-state index contributed by atoms with van der Waals surface area (Å²) in [5.41, 5.74) is 1.61. The van der Waals surface area contributed by atoms with E-state index in [1.807, 2.05) is 12.1 Å². The van der Waals surface area contributed by atoms with E-state index in [0.29, 0.717) is 17.2 Å². The predicted molar refractivity (Wildman–Crippen MR) is 105 cm³/mol. The van der Waals surface area contributed by atoms with E-state index < -0.39 is 18.3 Å². The normalized spacial score (nSPS) is 27.9. The van der Waals surface area contributed by atoms with Gasteiger partial charge < -0.3 is 19.7 Å². The average Bonchev–Trinajstić information content (AvgIpc) is 3.36. The van der Waals surface area contributed by atoms with Crippen LogP contribution in [0.3, 0.4) is 0 Å². The van der Waals surface area contributed by atoms with Gasteiger partial charge in [-0.05, 0) is 29.8 Å². The molecule has 2 aliphatic rings. The lowest BCUT2D eigenvalue weighted by molar-refractivity contribution is -0.141. The third-order valence-corrected chi connectivity index (χ3v) is 5.50. The molecule has 1 amide bonds. The predicted octanol–water partition coefficient (Wildman–Crippen LogP) is 1.01. The molecule has 154 valence electrons. The van der Waals surface area contributed by atoms with Gasteiger partial charge in [-0.15, -0.1) is 0 Å². The summed E-state index contributed by atoms with van der Waals surface area (Å²) in [6.07, 6.45) is -1.39. The molecular weight excluding hydrogens is 398 g/mol. The van der Waals surface area contributed by atoms with E-state index >= 15 is 0 Å². The first-order valence-corrected chi connectivity index (χ1v) is 9.75. The molecule has 3 heterocycles. The van der Waals surface area contributed by atoms with E-state index in [0.717, 1.165) is 11.3 Å². The molecule has 4 rings (SSSR count). The second kappa shape index (κ2) is 8.25. The number of carbonyl (C=O) groups excluding carboxylic acids is 1. The van der Waals surface area contributed by atoms with Gasteiger partial charge in [0.25, 0.3) is 5.91 Å². The Hall–Kier alpha value is -2.23. The van der Waals surface area contributed by atoms with Gasteiger partial charge in [0, 0.05) is 24.5 Å². The lowest BCUT2D eigenvalue weighted by Crippen LogP contribution is -2.56. The van der Waals surface area contributed by atoms with Crippen molar-refractivity contribution < 1.29 is 24.5 Å². The van der Waals surface area contributed by atoms with Crippen molar-refractivity contribution in [2.45, 2.75) is 30.8 Å². The molecule has 1 fully saturated rings. The first-order chi connectivity index (χ1) is 13.9. The zero-order valence-corrected chi connectivity index (χ0v) is 16.3. The molecule has 2 aromatic rings. The van der Waals surface area contributed by atoms with Crippen LogP contribution in [-0.2, 0) is 4.79 Å². The number of rotatable bonds is 4. The fraction of sp³-hybridized carbons (Fsp3) is 0.400. The molecule has 0 bridgehead atoms. The van der Waals surface area contributed by atoms with Gasteiger partial charge >= 0.3 is 0 Å². The van der Waals surface area contributed by atoms with Crippen LogP contribution < -0.4 is 0 Å². The first kappa shape index (κ1) is 20.1. The van der Waals surface area contributed by atoms with Gasteiger partial charge in [-0.1, -0.05) is 23.7 Å². The maximum absolute atomic E-state index is 13.0. The third-order valence-electron chi connectivity index (χ3n) is 5.25. The number of hydrazone groups is 1. The van der Waals surface area contributed by atoms with E-state index in [2.05, 4.69) is 5.10 Å². The zero-order chi connectivity index (χ0) is 20.5. The van der Waals surface area contributed by atoms with Crippen LogP contribution in [0, 0.1) is 0 Å². The Morgan fingerprint density at radius 2 is 1.83 bits per heavy atom. The van der Waals surface area contributed by atoms with Crippen molar-refractivity contribution in [1.82, 2.24) is 9.91 Å². The molecule has 1 aromatic carbocycles. The molecule has 1 saturated heterocycles. The number of amides is 1. The number of β-amino-alcohol motifs (C(OH)–C–C–N with tert-alkyl or cyclic N) is 2. The minimum absolute atomic E-state index is 0.0462. The quantitative estimate of drug-likeness (QED) is 0.682. The first-order valence-electron chi connectivity index (χ1n) is 9.38. The molecule has 1 aromatic heterocycles. The minimum Gasteiger partial charge on any atom is -0.467 e. The molecule has 8 nitrogen and oxygen atoms in total. The maximum atomic E-state index is 13.0. The Kier molecular flexibility index (Phi) is 5.71. The van der Waals surface area contributed by atoms with Crippen molar-refractivity contribution in [2.24, 2.45) is 5.10 Å². The molecule has 3 N–H and O–H groups in total. The number of halogens is 1. The number of hydrogen-bond donors (Lipinski definition) is 3. The standard InChI is InChI=1S/C20H22ClN3O5/c21-13-5-3-12(4-6-13)14-8-15(18-2-1-7-29-18)24(22-14)19(27)11-23-9-16(25)20(28)17(26)10-23/h1-7,15-17,20,25-26,28H,8-11H2/t15?,16-,17+,20?. The number of piperidine rings is 1. The van der Waals surface area contributed by atoms with Crippen LogP contribution in [0.25, 0.3) is 0 Å². The van der Waals surface area contributed by atoms with Crippen molar-refractivity contribution in [2.75, 3.05) is 19.6 Å². The van der Waals surface area contributed by atoms with Gasteiger partial charge in [0.1, 0.15) is 17.9 Å². The topological polar surface area (TPSA) is 110 Å². The van der Waals surface area contributed by atoms with Crippen LogP contribution >= 0.6 is 11.6 Å². The number of aliphatic hydroxyl groups is 3. The van der Waals surface area contributed by atoms with Crippen molar-refractivity contribution >= 4 is 23.2 Å². The van der Waals surface area contributed by atoms with Crippen LogP contribution in [0.4, 0.5) is 0 Å². The van der Waals surface area contributed by atoms with E-state index in [9.17, 15) is 20.1 Å². The number of furan rings is 1. The van der Waals surface area contributed by atoms with Crippen LogP contribution in [-0.4, -0.2) is 74.8 Å². The van der Waals surface area contributed by atoms with Gasteiger partial charge in [0.15, 0.2) is 0 Å². The summed E-state index contributed by atoms with van der Waals surface area (Å²) in [5, 5.41) is 36.0. The summed E-state index contributed by atoms with van der Waals surface area (Å²) >= 11 is 5.97. The highest BCUT2D eigenvalue weighted by molar-refractivity contribution is 6.30. The van der Waals surface area contributed by atoms with Crippen molar-refractivity contribution in [3.63, 3.8) is 0 Å². The number of likely N-dealkylation sites (tertiary alicyclic amines) is 1. The largest absolute Gasteiger partial charge is 0.467 e. The van der Waals surface area contributed by atoms with E-state index in [-0.39, 0.29) is 31.6 Å². The van der Waals surface area contributed by atoms with Crippen molar-refractivity contribution in [1.29, 1.82) is 0 Å². The molecule has 9 heteroatoms. The molecule has 0 saturated carbocycles. The fourth-order valence-corrected chi connectivity index (χ4v) is 3.85. The highest BCUT2D eigenvalue weighted by Crippen LogP contribution is 2.33. The number of hydrogen-bond acceptors (Lipinski definition) is 7. The summed E-state index contributed by atoms with van der Waals surface area (Å²) in [7, 11) is 0. The number of aliphatic hydroxyl groups excluding tert-OH is 3. The molecule has 0 aliphatic carbocycles. The Labute approximate surface area is 172 Å². The van der Waals surface area contributed by atoms with Crippen molar-refractivity contribution in [3.8, 4) is 0 Å². The smallest absolute Gasteiger partial charge is 0.257 e. The summed E-state index contributed by atoms with van der Waals surface area (Å²) in [6.45, 7) is 0.142. The monoisotopic (exact) mass is 419 g/mol. The van der Waals surface area contributed by atoms with Gasteiger partial charge in [-0.25, -0.2) is 5.01 Å². The summed E-state index contributed by atoms with van der Waals surface area (Å²) in [5.74, 6) is 0.339. The molecular formula is C20H22ClN3O5. The van der Waals surface area contributed by atoms with Crippen LogP contribution in [0.2, 0.25) is 5.02 Å². The second-order valence-corrected chi connectivity index (χ2v) is 7.78. The Bertz CT molecular complexity index is 874. The van der Waals surface area contributed by atoms with Crippen LogP contribution in [0.5, 0.6) is 0 Å². The molecule has 4 atom stereocenters. The SMILES string of the molecule is O=C(CN1C[C@@H](O)C(O)[C@@H](O)C1)N1N=C(c2ccc(Cl)cc2)CC1c1ccco1. The van der Waals surface area contributed by atoms with E-state index in [1.165, 1.54) is 5.01 Å². The Morgan fingerprint density at radius 3 is 2.45 bits per heavy atom. The van der Waals surface area contributed by atoms with Gasteiger partial charge in [-0.2, -0.15) is 5.10 Å². The lowest BCUT2D eigenvalue weighted by Gasteiger charge is -2.37. The average molecular weight is 420 g/mol. The van der Waals surface area contributed by atoms with Crippen LogP contribution in [0.15, 0.2) is 52.2 Å². The highest BCUT2D eigenvalue weighted by atomic mass is 35.5. The fourth-order valence-electron chi connectivity index (χ4n) is 3.73. The van der Waals surface area contributed by atoms with Crippen molar-refractivity contribution in [3.05, 3.63) is 59.0 Å². The van der Waals surface area contributed by atoms with Crippen LogP contribution in [0.1, 0.15) is 23.8 Å². The maximum Gasteiger partial charge on any atom is 0.257 e. The molecule has 29 heavy (non-hydrogen) atoms. The Morgan fingerprint density at radius 1 is 1.14 bits per heavy atom. The van der Waals surface area contributed by atoms with Gasteiger partial charge in [0.05, 0.1) is 30.7 Å². The van der Waals surface area contributed by atoms with E-state index in [1.54, 1.807) is 35.4 Å². The molecule has 2 unspecified atom stereocenters. The minimum atomic E-state index is -1.21. The third kappa shape index (κ3) is 4.22. The summed E-state index contributed by atoms with van der Waals surface area (Å²) < 4.78 is 5.52. The number of carbonyl (C=O) groups is 1. The number of nitrogens with zero attached hydrogens (tertiary/aromatic N) is 3. The second-order valence-electron chi connectivity index (χ2n) is 7.35. The Balaban J connectivity index is 1.54. The van der Waals surface area contributed by atoms with E-state index in [4.69, 9.17) is 16.0 Å². The van der Waals surface area contributed by atoms with Gasteiger partial charge in [0.2, 0.25) is 0 Å². The summed E-state index contributed by atoms with van der Waals surface area (Å²) in [4.78, 5) is 14.6. The molecule has 0 spiro atoms. The van der Waals surface area contributed by atoms with Gasteiger partial charge in [-0.3, -0.25) is 9.69 Å². The molecule has 0 radical (unpaired) electrons. The number of benzene rings is 1. The lowest BCUT2D eigenvalue weighted by atomic mass is 10.0. The zero-order valence-electron chi connectivity index (χ0n) is 15.6. The summed E-state index contributed by atoms with van der Waals surface area (Å²) in [6, 6.07) is 10.4. The molecule has 2 aliphatic heterocycles.